The van der Waals surface area contributed by atoms with Crippen molar-refractivity contribution < 1.29 is 0 Å². The zero-order valence-corrected chi connectivity index (χ0v) is 7.73. The molecule has 7 heteroatoms. The van der Waals surface area contributed by atoms with Crippen molar-refractivity contribution >= 4 is 17.7 Å². The van der Waals surface area contributed by atoms with Crippen LogP contribution >= 0.6 is 0 Å². The molecule has 0 unspecified atom stereocenters. The average Bonchev–Trinajstić information content (AvgIpc) is 2.76. The summed E-state index contributed by atoms with van der Waals surface area (Å²) in [5.74, 6) is 1.40. The largest absolute Gasteiger partial charge is 0.368 e. The van der Waals surface area contributed by atoms with Gasteiger partial charge in [0.2, 0.25) is 11.9 Å². The first-order valence-corrected chi connectivity index (χ1v) is 4.26. The van der Waals surface area contributed by atoms with E-state index in [1.807, 2.05) is 19.2 Å². The Morgan fingerprint density at radius 2 is 2.50 bits per heavy atom. The third-order valence-corrected chi connectivity index (χ3v) is 1.71. The van der Waals surface area contributed by atoms with E-state index < -0.39 is 0 Å². The lowest BCUT2D eigenvalue weighted by atomic mass is 10.6. The maximum Gasteiger partial charge on any atom is 0.249 e. The molecule has 0 fully saturated rings. The van der Waals surface area contributed by atoms with E-state index in [0.717, 1.165) is 6.54 Å². The number of nitrogens with two attached hydrogens (primary N) is 1. The van der Waals surface area contributed by atoms with Crippen LogP contribution in [0.2, 0.25) is 0 Å². The van der Waals surface area contributed by atoms with E-state index in [-0.39, 0.29) is 5.95 Å². The molecule has 2 rings (SSSR count). The SMILES string of the molecule is CCn1ccc(Nc2n[nH]c(N)n2)n1. The molecule has 2 aromatic rings. The zero-order valence-electron chi connectivity index (χ0n) is 7.73. The number of H-pyrrole nitrogens is 1. The molecule has 0 aliphatic carbocycles. The number of aromatic amines is 1. The standard InChI is InChI=1S/C7H11N7/c1-2-14-4-3-5(13-14)9-7-10-6(8)11-12-7/h3-4H,2H2,1H3,(H4,8,9,10,11,12,13). The van der Waals surface area contributed by atoms with Gasteiger partial charge in [0.1, 0.15) is 0 Å². The van der Waals surface area contributed by atoms with Crippen LogP contribution in [0.5, 0.6) is 0 Å². The van der Waals surface area contributed by atoms with Gasteiger partial charge in [0.05, 0.1) is 0 Å². The third kappa shape index (κ3) is 1.65. The Bertz CT molecular complexity index is 415. The molecule has 0 bridgehead atoms. The van der Waals surface area contributed by atoms with Crippen molar-refractivity contribution in [2.24, 2.45) is 0 Å². The number of nitrogens with zero attached hydrogens (tertiary/aromatic N) is 4. The Labute approximate surface area is 80.3 Å². The van der Waals surface area contributed by atoms with Crippen molar-refractivity contribution in [3.8, 4) is 0 Å². The van der Waals surface area contributed by atoms with Crippen LogP contribution in [0.4, 0.5) is 17.7 Å². The van der Waals surface area contributed by atoms with Gasteiger partial charge < -0.3 is 11.1 Å². The topological polar surface area (TPSA) is 97.4 Å². The summed E-state index contributed by atoms with van der Waals surface area (Å²) in [6.45, 7) is 2.85. The minimum atomic E-state index is 0.280. The van der Waals surface area contributed by atoms with Gasteiger partial charge in [-0.25, -0.2) is 5.10 Å². The Hall–Kier alpha value is -2.05. The Kier molecular flexibility index (Phi) is 2.05. The van der Waals surface area contributed by atoms with Crippen LogP contribution in [0, 0.1) is 0 Å². The predicted octanol–water partition coefficient (Wildman–Crippen LogP) is 0.347. The minimum Gasteiger partial charge on any atom is -0.368 e. The highest BCUT2D eigenvalue weighted by Gasteiger charge is 2.02. The molecule has 2 aromatic heterocycles. The van der Waals surface area contributed by atoms with E-state index in [0.29, 0.717) is 11.8 Å². The summed E-state index contributed by atoms with van der Waals surface area (Å²) in [5.41, 5.74) is 5.37. The van der Waals surface area contributed by atoms with Crippen LogP contribution < -0.4 is 11.1 Å². The average molecular weight is 193 g/mol. The fourth-order valence-electron chi connectivity index (χ4n) is 1.05. The molecule has 0 atom stereocenters. The summed E-state index contributed by atoms with van der Waals surface area (Å²) in [5, 5.41) is 13.5. The van der Waals surface area contributed by atoms with Crippen LogP contribution in [0.25, 0.3) is 0 Å². The van der Waals surface area contributed by atoms with Crippen LogP contribution in [-0.4, -0.2) is 25.0 Å². The second kappa shape index (κ2) is 3.36. The molecule has 4 N–H and O–H groups in total. The van der Waals surface area contributed by atoms with Crippen molar-refractivity contribution in [3.63, 3.8) is 0 Å². The normalized spacial score (nSPS) is 10.4. The molecule has 0 radical (unpaired) electrons. The van der Waals surface area contributed by atoms with Crippen LogP contribution in [0.1, 0.15) is 6.92 Å². The van der Waals surface area contributed by atoms with Gasteiger partial charge >= 0.3 is 0 Å². The summed E-state index contributed by atoms with van der Waals surface area (Å²) in [7, 11) is 0. The number of nitrogens with one attached hydrogen (secondary N) is 2. The minimum absolute atomic E-state index is 0.280. The van der Waals surface area contributed by atoms with Crippen molar-refractivity contribution in [1.82, 2.24) is 25.0 Å². The molecular formula is C7H11N7. The second-order valence-corrected chi connectivity index (χ2v) is 2.73. The van der Waals surface area contributed by atoms with Crippen LogP contribution in [-0.2, 0) is 6.54 Å². The number of anilines is 3. The first-order valence-electron chi connectivity index (χ1n) is 4.26. The molecule has 7 nitrogen and oxygen atoms in total. The Balaban J connectivity index is 2.10. The van der Waals surface area contributed by atoms with Crippen molar-refractivity contribution in [2.75, 3.05) is 11.1 Å². The molecule has 0 spiro atoms. The quantitative estimate of drug-likeness (QED) is 0.653. The van der Waals surface area contributed by atoms with Crippen molar-refractivity contribution in [1.29, 1.82) is 0 Å². The van der Waals surface area contributed by atoms with Crippen molar-refractivity contribution in [2.45, 2.75) is 13.5 Å². The first kappa shape index (κ1) is 8.54. The van der Waals surface area contributed by atoms with Gasteiger partial charge in [0, 0.05) is 18.8 Å². The molecule has 0 saturated heterocycles. The number of aromatic nitrogens is 5. The first-order chi connectivity index (χ1) is 6.78. The summed E-state index contributed by atoms with van der Waals surface area (Å²) in [6.07, 6.45) is 1.87. The molecule has 14 heavy (non-hydrogen) atoms. The maximum absolute atomic E-state index is 5.37. The number of hydrogen-bond donors (Lipinski definition) is 3. The Morgan fingerprint density at radius 3 is 3.07 bits per heavy atom. The number of rotatable bonds is 3. The van der Waals surface area contributed by atoms with E-state index in [4.69, 9.17) is 5.73 Å². The summed E-state index contributed by atoms with van der Waals surface area (Å²) in [4.78, 5) is 3.89. The highest BCUT2D eigenvalue weighted by Crippen LogP contribution is 2.09. The summed E-state index contributed by atoms with van der Waals surface area (Å²) >= 11 is 0. The van der Waals surface area contributed by atoms with E-state index in [9.17, 15) is 0 Å². The van der Waals surface area contributed by atoms with E-state index in [2.05, 4.69) is 25.6 Å². The molecule has 0 aliphatic heterocycles. The summed E-state index contributed by atoms with van der Waals surface area (Å²) < 4.78 is 1.80. The number of aryl methyl sites for hydroxylation is 1. The zero-order chi connectivity index (χ0) is 9.97. The fourth-order valence-corrected chi connectivity index (χ4v) is 1.05. The monoisotopic (exact) mass is 193 g/mol. The van der Waals surface area contributed by atoms with Gasteiger partial charge in [0.15, 0.2) is 5.82 Å². The number of hydrogen-bond acceptors (Lipinski definition) is 5. The molecule has 0 aliphatic rings. The molecule has 0 aromatic carbocycles. The van der Waals surface area contributed by atoms with E-state index in [1.54, 1.807) is 4.68 Å². The van der Waals surface area contributed by atoms with Crippen LogP contribution in [0.15, 0.2) is 12.3 Å². The van der Waals surface area contributed by atoms with Gasteiger partial charge in [-0.3, -0.25) is 4.68 Å². The van der Waals surface area contributed by atoms with Gasteiger partial charge in [-0.15, -0.1) is 5.10 Å². The summed E-state index contributed by atoms with van der Waals surface area (Å²) in [6, 6.07) is 1.84. The lowest BCUT2D eigenvalue weighted by Crippen LogP contribution is -1.97. The second-order valence-electron chi connectivity index (χ2n) is 2.73. The highest BCUT2D eigenvalue weighted by molar-refractivity contribution is 5.47. The lowest BCUT2D eigenvalue weighted by Gasteiger charge is -1.95. The maximum atomic E-state index is 5.37. The van der Waals surface area contributed by atoms with E-state index in [1.165, 1.54) is 0 Å². The molecular weight excluding hydrogens is 182 g/mol. The van der Waals surface area contributed by atoms with Gasteiger partial charge in [-0.1, -0.05) is 0 Å². The third-order valence-electron chi connectivity index (χ3n) is 1.71. The Morgan fingerprint density at radius 1 is 1.64 bits per heavy atom. The molecule has 0 amide bonds. The smallest absolute Gasteiger partial charge is 0.249 e. The highest BCUT2D eigenvalue weighted by atomic mass is 15.4. The van der Waals surface area contributed by atoms with Crippen LogP contribution in [0.3, 0.4) is 0 Å². The van der Waals surface area contributed by atoms with Gasteiger partial charge in [-0.2, -0.15) is 10.1 Å². The predicted molar refractivity (Wildman–Crippen MR) is 52.0 cm³/mol. The molecule has 74 valence electrons. The number of nitrogen functional groups attached to an aromatic ring is 1. The van der Waals surface area contributed by atoms with Gasteiger partial charge in [-0.05, 0) is 6.92 Å². The molecule has 2 heterocycles. The van der Waals surface area contributed by atoms with E-state index >= 15 is 0 Å². The fraction of sp³-hybridized carbons (Fsp3) is 0.286. The van der Waals surface area contributed by atoms with Crippen molar-refractivity contribution in [3.05, 3.63) is 12.3 Å². The van der Waals surface area contributed by atoms with Gasteiger partial charge in [0.25, 0.3) is 0 Å². The lowest BCUT2D eigenvalue weighted by molar-refractivity contribution is 0.662. The molecule has 0 saturated carbocycles.